The molecular weight excluding hydrogens is 277 g/mol. The van der Waals surface area contributed by atoms with Crippen molar-refractivity contribution >= 4 is 5.97 Å². The Morgan fingerprint density at radius 3 is 2.32 bits per heavy atom. The van der Waals surface area contributed by atoms with Crippen molar-refractivity contribution in [2.75, 3.05) is 0 Å². The summed E-state index contributed by atoms with van der Waals surface area (Å²) in [4.78, 5) is 10.7. The number of nitrogens with zero attached hydrogens (tertiary/aromatic N) is 1. The van der Waals surface area contributed by atoms with E-state index >= 15 is 0 Å². The molecule has 102 valence electrons. The van der Waals surface area contributed by atoms with E-state index in [0.717, 1.165) is 0 Å². The predicted octanol–water partition coefficient (Wildman–Crippen LogP) is 2.88. The van der Waals surface area contributed by atoms with Gasteiger partial charge < -0.3 is 9.84 Å². The summed E-state index contributed by atoms with van der Waals surface area (Å²) in [5, 5.41) is 17.3. The van der Waals surface area contributed by atoms with Gasteiger partial charge in [-0.1, -0.05) is 0 Å². The smallest absolute Gasteiger partial charge is 0.417 e. The molecule has 0 aromatic heterocycles. The van der Waals surface area contributed by atoms with Crippen molar-refractivity contribution < 1.29 is 36.6 Å². The van der Waals surface area contributed by atoms with Gasteiger partial charge in [0.1, 0.15) is 11.8 Å². The third kappa shape index (κ3) is 3.31. The van der Waals surface area contributed by atoms with Gasteiger partial charge in [-0.25, -0.2) is 4.79 Å². The number of carboxylic acid groups (broad SMARTS) is 1. The minimum Gasteiger partial charge on any atom is -0.478 e. The second-order valence-electron chi connectivity index (χ2n) is 3.19. The van der Waals surface area contributed by atoms with Gasteiger partial charge in [0, 0.05) is 0 Å². The highest BCUT2D eigenvalue weighted by atomic mass is 19.4. The van der Waals surface area contributed by atoms with Crippen molar-refractivity contribution in [3.05, 3.63) is 28.8 Å². The zero-order valence-corrected chi connectivity index (χ0v) is 8.83. The third-order valence-electron chi connectivity index (χ3n) is 1.98. The van der Waals surface area contributed by atoms with E-state index in [1.165, 1.54) is 6.07 Å². The van der Waals surface area contributed by atoms with E-state index < -0.39 is 41.2 Å². The second-order valence-corrected chi connectivity index (χ2v) is 3.19. The standard InChI is InChI=1S/C10H4F5NO3/c11-9(12)19-5-1-4(3-16)7(8(17)18)6(2-5)10(13,14)15/h1-2,9H,(H,17,18). The number of aromatic carboxylic acids is 1. The molecule has 0 saturated carbocycles. The molecule has 0 aliphatic rings. The summed E-state index contributed by atoms with van der Waals surface area (Å²) < 4.78 is 65.5. The highest BCUT2D eigenvalue weighted by molar-refractivity contribution is 5.93. The van der Waals surface area contributed by atoms with E-state index in [4.69, 9.17) is 10.4 Å². The predicted molar refractivity (Wildman–Crippen MR) is 49.8 cm³/mol. The van der Waals surface area contributed by atoms with Crippen molar-refractivity contribution in [3.63, 3.8) is 0 Å². The lowest BCUT2D eigenvalue weighted by Crippen LogP contribution is -2.16. The van der Waals surface area contributed by atoms with Gasteiger partial charge in [-0.05, 0) is 12.1 Å². The van der Waals surface area contributed by atoms with Crippen LogP contribution in [0.25, 0.3) is 0 Å². The maximum absolute atomic E-state index is 12.6. The summed E-state index contributed by atoms with van der Waals surface area (Å²) in [7, 11) is 0. The second kappa shape index (κ2) is 5.09. The summed E-state index contributed by atoms with van der Waals surface area (Å²) >= 11 is 0. The van der Waals surface area contributed by atoms with Gasteiger partial charge in [0.2, 0.25) is 0 Å². The summed E-state index contributed by atoms with van der Waals surface area (Å²) in [6.07, 6.45) is -5.12. The van der Waals surface area contributed by atoms with Crippen molar-refractivity contribution in [1.29, 1.82) is 5.26 Å². The molecule has 0 fully saturated rings. The van der Waals surface area contributed by atoms with Gasteiger partial charge in [0.15, 0.2) is 0 Å². The number of alkyl halides is 5. The first-order valence-electron chi connectivity index (χ1n) is 4.50. The van der Waals surface area contributed by atoms with Gasteiger partial charge in [-0.15, -0.1) is 0 Å². The zero-order chi connectivity index (χ0) is 14.8. The molecule has 1 rings (SSSR count). The first-order valence-corrected chi connectivity index (χ1v) is 4.50. The maximum Gasteiger partial charge on any atom is 0.417 e. The Balaban J connectivity index is 3.56. The number of benzene rings is 1. The fourth-order valence-electron chi connectivity index (χ4n) is 1.33. The molecule has 9 heteroatoms. The molecule has 1 aromatic carbocycles. The number of hydrogen-bond donors (Lipinski definition) is 1. The summed E-state index contributed by atoms with van der Waals surface area (Å²) in [6.45, 7) is -3.40. The third-order valence-corrected chi connectivity index (χ3v) is 1.98. The number of carbonyl (C=O) groups is 1. The summed E-state index contributed by atoms with van der Waals surface area (Å²) in [5.41, 5.74) is -3.95. The summed E-state index contributed by atoms with van der Waals surface area (Å²) in [5.74, 6) is -2.93. The van der Waals surface area contributed by atoms with Crippen LogP contribution in [0, 0.1) is 11.3 Å². The van der Waals surface area contributed by atoms with Crippen LogP contribution in [0.3, 0.4) is 0 Å². The molecule has 0 amide bonds. The Labute approximate surface area is 102 Å². The zero-order valence-electron chi connectivity index (χ0n) is 8.83. The highest BCUT2D eigenvalue weighted by Crippen LogP contribution is 2.36. The van der Waals surface area contributed by atoms with E-state index in [0.29, 0.717) is 6.07 Å². The van der Waals surface area contributed by atoms with Crippen molar-refractivity contribution in [2.24, 2.45) is 0 Å². The molecular formula is C10H4F5NO3. The SMILES string of the molecule is N#Cc1cc(OC(F)F)cc(C(F)(F)F)c1C(=O)O. The van der Waals surface area contributed by atoms with Crippen LogP contribution >= 0.6 is 0 Å². The Morgan fingerprint density at radius 2 is 1.95 bits per heavy atom. The van der Waals surface area contributed by atoms with Crippen LogP contribution in [0.15, 0.2) is 12.1 Å². The van der Waals surface area contributed by atoms with E-state index in [9.17, 15) is 26.7 Å². The Morgan fingerprint density at radius 1 is 1.37 bits per heavy atom. The maximum atomic E-state index is 12.6. The molecule has 19 heavy (non-hydrogen) atoms. The van der Waals surface area contributed by atoms with Crippen molar-refractivity contribution in [2.45, 2.75) is 12.8 Å². The minimum atomic E-state index is -5.12. The number of carboxylic acids is 1. The van der Waals surface area contributed by atoms with Crippen LogP contribution in [0.1, 0.15) is 21.5 Å². The molecule has 0 aliphatic carbocycles. The molecule has 0 radical (unpaired) electrons. The van der Waals surface area contributed by atoms with Crippen LogP contribution in [0.5, 0.6) is 5.75 Å². The molecule has 4 nitrogen and oxygen atoms in total. The molecule has 0 atom stereocenters. The Hall–Kier alpha value is -2.37. The minimum absolute atomic E-state index is 0.108. The fraction of sp³-hybridized carbons (Fsp3) is 0.200. The normalized spacial score (nSPS) is 11.2. The van der Waals surface area contributed by atoms with Gasteiger partial charge >= 0.3 is 18.8 Å². The molecule has 1 N–H and O–H groups in total. The fourth-order valence-corrected chi connectivity index (χ4v) is 1.33. The Bertz CT molecular complexity index is 547. The topological polar surface area (TPSA) is 70.3 Å². The number of ether oxygens (including phenoxy) is 1. The van der Waals surface area contributed by atoms with E-state index in [1.807, 2.05) is 0 Å². The average Bonchev–Trinajstić information content (AvgIpc) is 2.25. The van der Waals surface area contributed by atoms with Gasteiger partial charge in [0.05, 0.1) is 16.7 Å². The van der Waals surface area contributed by atoms with Crippen molar-refractivity contribution in [3.8, 4) is 11.8 Å². The number of halogens is 5. The molecule has 0 aliphatic heterocycles. The largest absolute Gasteiger partial charge is 0.478 e. The van der Waals surface area contributed by atoms with E-state index in [-0.39, 0.29) is 6.07 Å². The first-order chi connectivity index (χ1) is 8.66. The van der Waals surface area contributed by atoms with Gasteiger partial charge in [-0.2, -0.15) is 27.2 Å². The molecule has 0 spiro atoms. The quantitative estimate of drug-likeness (QED) is 0.865. The van der Waals surface area contributed by atoms with Crippen molar-refractivity contribution in [1.82, 2.24) is 0 Å². The Kier molecular flexibility index (Phi) is 3.94. The van der Waals surface area contributed by atoms with Crippen LogP contribution < -0.4 is 4.74 Å². The highest BCUT2D eigenvalue weighted by Gasteiger charge is 2.37. The van der Waals surface area contributed by atoms with E-state index in [1.54, 1.807) is 0 Å². The van der Waals surface area contributed by atoms with Crippen LogP contribution in [-0.2, 0) is 6.18 Å². The lowest BCUT2D eigenvalue weighted by atomic mass is 10.0. The van der Waals surface area contributed by atoms with Crippen LogP contribution in [0.4, 0.5) is 22.0 Å². The molecule has 0 saturated heterocycles. The monoisotopic (exact) mass is 281 g/mol. The number of hydrogen-bond acceptors (Lipinski definition) is 3. The molecule has 0 unspecified atom stereocenters. The molecule has 0 heterocycles. The molecule has 1 aromatic rings. The lowest BCUT2D eigenvalue weighted by Gasteiger charge is -2.14. The lowest BCUT2D eigenvalue weighted by molar-refractivity contribution is -0.138. The molecule has 0 bridgehead atoms. The summed E-state index contributed by atoms with van der Waals surface area (Å²) in [6, 6.07) is 1.81. The number of rotatable bonds is 3. The van der Waals surface area contributed by atoms with Gasteiger partial charge in [-0.3, -0.25) is 0 Å². The van der Waals surface area contributed by atoms with Gasteiger partial charge in [0.25, 0.3) is 0 Å². The first kappa shape index (κ1) is 14.7. The number of nitriles is 1. The average molecular weight is 281 g/mol. The van der Waals surface area contributed by atoms with Crippen LogP contribution in [0.2, 0.25) is 0 Å². The van der Waals surface area contributed by atoms with Crippen LogP contribution in [-0.4, -0.2) is 17.7 Å². The van der Waals surface area contributed by atoms with E-state index in [2.05, 4.69) is 4.74 Å².